The van der Waals surface area contributed by atoms with E-state index in [4.69, 9.17) is 0 Å². The van der Waals surface area contributed by atoms with Crippen LogP contribution < -0.4 is 5.32 Å². The molecule has 8 nitrogen and oxygen atoms in total. The Morgan fingerprint density at radius 2 is 2.00 bits per heavy atom. The van der Waals surface area contributed by atoms with Crippen LogP contribution in [0, 0.1) is 12.8 Å². The standard InChI is InChI=1S/C16H21N5O3S/c1-9-18-19-15(25-9)16(24)20-7-10(8-20)6-17-14(23)12-4-5-13(22)21(12)11-2-3-11/h10-12H,2-8H2,1H3,(H,17,23). The molecule has 0 radical (unpaired) electrons. The van der Waals surface area contributed by atoms with E-state index >= 15 is 0 Å². The number of rotatable bonds is 5. The number of carbonyl (C=O) groups excluding carboxylic acids is 3. The van der Waals surface area contributed by atoms with Gasteiger partial charge in [-0.1, -0.05) is 11.3 Å². The van der Waals surface area contributed by atoms with Gasteiger partial charge in [0.15, 0.2) is 0 Å². The van der Waals surface area contributed by atoms with Gasteiger partial charge in [0.25, 0.3) is 5.91 Å². The van der Waals surface area contributed by atoms with Gasteiger partial charge >= 0.3 is 0 Å². The van der Waals surface area contributed by atoms with Crippen LogP contribution in [0.5, 0.6) is 0 Å². The highest BCUT2D eigenvalue weighted by molar-refractivity contribution is 7.13. The minimum absolute atomic E-state index is 0.0534. The van der Waals surface area contributed by atoms with Crippen molar-refractivity contribution >= 4 is 29.1 Å². The molecule has 25 heavy (non-hydrogen) atoms. The maximum atomic E-state index is 12.4. The van der Waals surface area contributed by atoms with E-state index in [1.165, 1.54) is 11.3 Å². The molecule has 0 aromatic carbocycles. The maximum absolute atomic E-state index is 12.4. The van der Waals surface area contributed by atoms with E-state index in [0.29, 0.717) is 37.5 Å². The van der Waals surface area contributed by atoms with E-state index in [0.717, 1.165) is 17.8 Å². The lowest BCUT2D eigenvalue weighted by Gasteiger charge is -2.39. The second-order valence-electron chi connectivity index (χ2n) is 7.03. The van der Waals surface area contributed by atoms with Gasteiger partial charge in [-0.15, -0.1) is 10.2 Å². The van der Waals surface area contributed by atoms with Gasteiger partial charge in [-0.3, -0.25) is 14.4 Å². The number of aromatic nitrogens is 2. The largest absolute Gasteiger partial charge is 0.354 e. The molecule has 2 aliphatic heterocycles. The third-order valence-corrected chi connectivity index (χ3v) is 5.84. The van der Waals surface area contributed by atoms with E-state index < -0.39 is 0 Å². The van der Waals surface area contributed by atoms with E-state index in [-0.39, 0.29) is 35.7 Å². The van der Waals surface area contributed by atoms with E-state index in [9.17, 15) is 14.4 Å². The average molecular weight is 363 g/mol. The monoisotopic (exact) mass is 363 g/mol. The zero-order valence-corrected chi connectivity index (χ0v) is 14.9. The summed E-state index contributed by atoms with van der Waals surface area (Å²) in [5.74, 6) is 0.223. The molecule has 134 valence electrons. The molecule has 0 bridgehead atoms. The molecule has 2 saturated heterocycles. The summed E-state index contributed by atoms with van der Waals surface area (Å²) in [6.45, 7) is 3.60. The fraction of sp³-hybridized carbons (Fsp3) is 0.688. The van der Waals surface area contributed by atoms with Crippen molar-refractivity contribution in [3.63, 3.8) is 0 Å². The van der Waals surface area contributed by atoms with Gasteiger partial charge < -0.3 is 15.1 Å². The third-order valence-electron chi connectivity index (χ3n) is 5.02. The summed E-state index contributed by atoms with van der Waals surface area (Å²) in [7, 11) is 0. The van der Waals surface area contributed by atoms with Crippen LogP contribution >= 0.6 is 11.3 Å². The van der Waals surface area contributed by atoms with Crippen molar-refractivity contribution in [3.8, 4) is 0 Å². The molecule has 1 unspecified atom stereocenters. The van der Waals surface area contributed by atoms with Crippen molar-refractivity contribution in [2.75, 3.05) is 19.6 Å². The molecule has 1 atom stereocenters. The van der Waals surface area contributed by atoms with Crippen LogP contribution in [0.4, 0.5) is 0 Å². The smallest absolute Gasteiger partial charge is 0.284 e. The summed E-state index contributed by atoms with van der Waals surface area (Å²) >= 11 is 1.30. The lowest BCUT2D eigenvalue weighted by atomic mass is 10.00. The Kier molecular flexibility index (Phi) is 4.18. The Bertz CT molecular complexity index is 710. The molecule has 3 heterocycles. The average Bonchev–Trinajstić information content (AvgIpc) is 3.17. The second kappa shape index (κ2) is 6.36. The number of nitrogens with zero attached hydrogens (tertiary/aromatic N) is 4. The Morgan fingerprint density at radius 3 is 2.64 bits per heavy atom. The lowest BCUT2D eigenvalue weighted by Crippen LogP contribution is -2.55. The van der Waals surface area contributed by atoms with Crippen molar-refractivity contribution in [2.45, 2.75) is 44.7 Å². The Balaban J connectivity index is 1.23. The topological polar surface area (TPSA) is 95.5 Å². The van der Waals surface area contributed by atoms with Crippen molar-refractivity contribution in [1.82, 2.24) is 25.3 Å². The van der Waals surface area contributed by atoms with Gasteiger partial charge in [-0.05, 0) is 26.2 Å². The Labute approximate surface area is 149 Å². The number of carbonyl (C=O) groups is 3. The molecule has 1 saturated carbocycles. The lowest BCUT2D eigenvalue weighted by molar-refractivity contribution is -0.136. The van der Waals surface area contributed by atoms with Gasteiger partial charge in [0.1, 0.15) is 11.0 Å². The second-order valence-corrected chi connectivity index (χ2v) is 8.22. The van der Waals surface area contributed by atoms with Gasteiger partial charge in [0, 0.05) is 38.0 Å². The number of aryl methyl sites for hydroxylation is 1. The van der Waals surface area contributed by atoms with Crippen LogP contribution in [-0.4, -0.2) is 69.4 Å². The van der Waals surface area contributed by atoms with Crippen LogP contribution in [0.3, 0.4) is 0 Å². The molecule has 3 fully saturated rings. The van der Waals surface area contributed by atoms with Crippen molar-refractivity contribution in [3.05, 3.63) is 10.0 Å². The summed E-state index contributed by atoms with van der Waals surface area (Å²) in [5.41, 5.74) is 0. The molecule has 3 amide bonds. The van der Waals surface area contributed by atoms with Crippen molar-refractivity contribution in [1.29, 1.82) is 0 Å². The first-order valence-electron chi connectivity index (χ1n) is 8.71. The normalized spacial score (nSPS) is 23.7. The van der Waals surface area contributed by atoms with Gasteiger partial charge in [-0.25, -0.2) is 0 Å². The minimum Gasteiger partial charge on any atom is -0.354 e. The molecule has 0 spiro atoms. The van der Waals surface area contributed by atoms with Gasteiger partial charge in [-0.2, -0.15) is 0 Å². The third kappa shape index (κ3) is 3.24. The van der Waals surface area contributed by atoms with Crippen LogP contribution in [-0.2, 0) is 9.59 Å². The van der Waals surface area contributed by atoms with Crippen molar-refractivity contribution in [2.24, 2.45) is 5.92 Å². The molecule has 1 aliphatic carbocycles. The van der Waals surface area contributed by atoms with Crippen LogP contribution in [0.15, 0.2) is 0 Å². The molecule has 3 aliphatic rings. The fourth-order valence-corrected chi connectivity index (χ4v) is 4.18. The van der Waals surface area contributed by atoms with Crippen LogP contribution in [0.25, 0.3) is 0 Å². The maximum Gasteiger partial charge on any atom is 0.284 e. The Hall–Kier alpha value is -2.03. The van der Waals surface area contributed by atoms with Gasteiger partial charge in [0.05, 0.1) is 0 Å². The van der Waals surface area contributed by atoms with E-state index in [1.54, 1.807) is 9.80 Å². The van der Waals surface area contributed by atoms with E-state index in [2.05, 4.69) is 15.5 Å². The highest BCUT2D eigenvalue weighted by Gasteiger charge is 2.44. The highest BCUT2D eigenvalue weighted by atomic mass is 32.1. The number of nitrogens with one attached hydrogen (secondary N) is 1. The Morgan fingerprint density at radius 1 is 1.24 bits per heavy atom. The fourth-order valence-electron chi connectivity index (χ4n) is 3.52. The number of likely N-dealkylation sites (tertiary alicyclic amines) is 2. The quantitative estimate of drug-likeness (QED) is 0.806. The molecule has 9 heteroatoms. The molecule has 1 N–H and O–H groups in total. The summed E-state index contributed by atoms with van der Waals surface area (Å²) in [5, 5.41) is 11.9. The highest BCUT2D eigenvalue weighted by Crippen LogP contribution is 2.34. The zero-order chi connectivity index (χ0) is 17.6. The predicted molar refractivity (Wildman–Crippen MR) is 89.9 cm³/mol. The molecular formula is C16H21N5O3S. The first kappa shape index (κ1) is 16.4. The molecular weight excluding hydrogens is 342 g/mol. The summed E-state index contributed by atoms with van der Waals surface area (Å²) < 4.78 is 0. The first-order valence-corrected chi connectivity index (χ1v) is 9.53. The molecule has 1 aromatic rings. The number of amides is 3. The first-order chi connectivity index (χ1) is 12.0. The van der Waals surface area contributed by atoms with Crippen LogP contribution in [0.2, 0.25) is 0 Å². The van der Waals surface area contributed by atoms with Crippen LogP contribution in [0.1, 0.15) is 40.5 Å². The number of hydrogen-bond donors (Lipinski definition) is 1. The summed E-state index contributed by atoms with van der Waals surface area (Å²) in [4.78, 5) is 40.0. The molecule has 1 aromatic heterocycles. The van der Waals surface area contributed by atoms with Crippen molar-refractivity contribution < 1.29 is 14.4 Å². The molecule has 4 rings (SSSR count). The predicted octanol–water partition coefficient (Wildman–Crippen LogP) is 0.188. The van der Waals surface area contributed by atoms with E-state index in [1.807, 2.05) is 6.92 Å². The minimum atomic E-state index is -0.304. The zero-order valence-electron chi connectivity index (χ0n) is 14.1. The summed E-state index contributed by atoms with van der Waals surface area (Å²) in [6.07, 6.45) is 3.12. The SMILES string of the molecule is Cc1nnc(C(=O)N2CC(CNC(=O)C3CCC(=O)N3C3CC3)C2)s1. The number of hydrogen-bond acceptors (Lipinski definition) is 6. The summed E-state index contributed by atoms with van der Waals surface area (Å²) in [6, 6.07) is -0.0277. The van der Waals surface area contributed by atoms with Gasteiger partial charge in [0.2, 0.25) is 16.8 Å².